The van der Waals surface area contributed by atoms with Crippen molar-refractivity contribution in [3.8, 4) is 6.07 Å². The Hall–Kier alpha value is -2.64. The van der Waals surface area contributed by atoms with Gasteiger partial charge in [0.05, 0.1) is 17.4 Å². The number of carbonyl (C=O) groups excluding carboxylic acids is 2. The number of anilines is 1. The minimum atomic E-state index is -0.353. The highest BCUT2D eigenvalue weighted by Crippen LogP contribution is 2.36. The largest absolute Gasteiger partial charge is 0.466 e. The average molecular weight is 503 g/mol. The predicted octanol–water partition coefficient (Wildman–Crippen LogP) is 3.44. The first-order valence-electron chi connectivity index (χ1n) is 11.6. The van der Waals surface area contributed by atoms with Gasteiger partial charge in [0.1, 0.15) is 21.8 Å². The second kappa shape index (κ2) is 11.2. The molecular weight excluding hydrogens is 472 g/mol. The fourth-order valence-corrected chi connectivity index (χ4v) is 5.81. The summed E-state index contributed by atoms with van der Waals surface area (Å²) in [5.74, 6) is -0.0925. The summed E-state index contributed by atoms with van der Waals surface area (Å²) in [5, 5.41) is 9.77. The zero-order valence-electron chi connectivity index (χ0n) is 20.0. The second-order valence-corrected chi connectivity index (χ2v) is 9.94. The van der Waals surface area contributed by atoms with Gasteiger partial charge in [0.15, 0.2) is 0 Å². The van der Waals surface area contributed by atoms with Crippen molar-refractivity contribution in [3.63, 3.8) is 0 Å². The fourth-order valence-electron chi connectivity index (χ4n) is 4.44. The molecule has 0 spiro atoms. The van der Waals surface area contributed by atoms with Gasteiger partial charge >= 0.3 is 5.97 Å². The highest BCUT2D eigenvalue weighted by atomic mass is 32.2. The number of aromatic nitrogens is 1. The number of piperidine rings is 1. The average Bonchev–Trinajstić information content (AvgIpc) is 3.09. The van der Waals surface area contributed by atoms with E-state index in [0.29, 0.717) is 71.8 Å². The van der Waals surface area contributed by atoms with E-state index in [1.165, 1.54) is 16.7 Å². The third kappa shape index (κ3) is 4.91. The number of carbonyl (C=O) groups is 2. The van der Waals surface area contributed by atoms with Crippen LogP contribution < -0.4 is 10.5 Å². The highest BCUT2D eigenvalue weighted by Gasteiger charge is 2.34. The number of ether oxygens (including phenoxy) is 1. The first kappa shape index (κ1) is 26.0. The van der Waals surface area contributed by atoms with Crippen LogP contribution in [-0.2, 0) is 20.9 Å². The van der Waals surface area contributed by atoms with E-state index in [1.807, 2.05) is 18.7 Å². The molecule has 2 saturated heterocycles. The van der Waals surface area contributed by atoms with Gasteiger partial charge in [0, 0.05) is 31.7 Å². The summed E-state index contributed by atoms with van der Waals surface area (Å²) in [6, 6.07) is 2.06. The second-order valence-electron chi connectivity index (χ2n) is 8.27. The Morgan fingerprint density at radius 1 is 1.32 bits per heavy atom. The normalized spacial score (nSPS) is 19.6. The number of thiocarbonyl (C=S) groups is 1. The van der Waals surface area contributed by atoms with E-state index >= 15 is 0 Å². The first-order valence-corrected chi connectivity index (χ1v) is 12.9. The minimum Gasteiger partial charge on any atom is -0.466 e. The lowest BCUT2D eigenvalue weighted by Crippen LogP contribution is -2.43. The maximum absolute atomic E-state index is 13.3. The van der Waals surface area contributed by atoms with Gasteiger partial charge in [-0.3, -0.25) is 23.9 Å². The maximum atomic E-state index is 13.3. The number of hydrogen-bond acceptors (Lipinski definition) is 8. The van der Waals surface area contributed by atoms with Crippen LogP contribution in [0.1, 0.15) is 56.7 Å². The lowest BCUT2D eigenvalue weighted by molar-refractivity contribution is -0.148. The number of amides is 1. The summed E-state index contributed by atoms with van der Waals surface area (Å²) in [4.78, 5) is 42.7. The van der Waals surface area contributed by atoms with Crippen molar-refractivity contribution in [2.75, 3.05) is 31.1 Å². The summed E-state index contributed by atoms with van der Waals surface area (Å²) in [6.45, 7) is 9.61. The molecule has 1 atom stereocenters. The van der Waals surface area contributed by atoms with Crippen LogP contribution in [0.5, 0.6) is 0 Å². The van der Waals surface area contributed by atoms with E-state index in [-0.39, 0.29) is 28.9 Å². The van der Waals surface area contributed by atoms with Crippen molar-refractivity contribution in [3.05, 3.63) is 31.9 Å². The third-order valence-electron chi connectivity index (χ3n) is 6.10. The van der Waals surface area contributed by atoms with E-state index < -0.39 is 0 Å². The van der Waals surface area contributed by atoms with Crippen molar-refractivity contribution in [2.24, 2.45) is 5.92 Å². The van der Waals surface area contributed by atoms with Crippen molar-refractivity contribution in [1.29, 1.82) is 5.26 Å². The molecule has 0 aliphatic carbocycles. The van der Waals surface area contributed by atoms with Gasteiger partial charge in [-0.25, -0.2) is 0 Å². The third-order valence-corrected chi connectivity index (χ3v) is 7.48. The monoisotopic (exact) mass is 502 g/mol. The standard InChI is InChI=1S/C24H30N4O4S2/c1-5-10-28-20(26-11-8-9-16(14-26)23(31)32-7-3)17(15(4)18(13-25)21(28)29)12-19-22(30)27(6-2)24(33)34-19/h12,16H,5-11,14H2,1-4H3/b19-12+. The van der Waals surface area contributed by atoms with Crippen LogP contribution in [-0.4, -0.2) is 51.9 Å². The van der Waals surface area contributed by atoms with Crippen LogP contribution in [0, 0.1) is 24.2 Å². The lowest BCUT2D eigenvalue weighted by atomic mass is 9.96. The Bertz CT molecular complexity index is 1140. The van der Waals surface area contributed by atoms with E-state index in [0.717, 1.165) is 6.42 Å². The molecule has 2 fully saturated rings. The van der Waals surface area contributed by atoms with Gasteiger partial charge in [-0.05, 0) is 51.7 Å². The van der Waals surface area contributed by atoms with Crippen LogP contribution in [0.15, 0.2) is 9.70 Å². The van der Waals surface area contributed by atoms with E-state index in [1.54, 1.807) is 24.5 Å². The van der Waals surface area contributed by atoms with Crippen molar-refractivity contribution in [1.82, 2.24) is 9.47 Å². The van der Waals surface area contributed by atoms with Crippen LogP contribution in [0.2, 0.25) is 0 Å². The molecular formula is C24H30N4O4S2. The number of likely N-dealkylation sites (N-methyl/N-ethyl adjacent to an activating group) is 1. The number of esters is 1. The highest BCUT2D eigenvalue weighted by molar-refractivity contribution is 8.26. The molecule has 1 unspecified atom stereocenters. The molecule has 3 heterocycles. The Morgan fingerprint density at radius 3 is 2.65 bits per heavy atom. The summed E-state index contributed by atoms with van der Waals surface area (Å²) in [5.41, 5.74) is 0.877. The van der Waals surface area contributed by atoms with Crippen molar-refractivity contribution >= 4 is 52.1 Å². The van der Waals surface area contributed by atoms with Gasteiger partial charge in [-0.15, -0.1) is 0 Å². The number of rotatable bonds is 7. The molecule has 0 aromatic carbocycles. The Morgan fingerprint density at radius 2 is 2.06 bits per heavy atom. The molecule has 182 valence electrons. The molecule has 2 aliphatic heterocycles. The summed E-state index contributed by atoms with van der Waals surface area (Å²) >= 11 is 6.58. The van der Waals surface area contributed by atoms with E-state index in [9.17, 15) is 19.6 Å². The van der Waals surface area contributed by atoms with Crippen LogP contribution in [0.25, 0.3) is 6.08 Å². The number of pyridine rings is 1. The minimum absolute atomic E-state index is 0.0633. The molecule has 34 heavy (non-hydrogen) atoms. The van der Waals surface area contributed by atoms with Gasteiger partial charge < -0.3 is 9.64 Å². The van der Waals surface area contributed by atoms with Gasteiger partial charge in [-0.2, -0.15) is 5.26 Å². The topological polar surface area (TPSA) is 95.6 Å². The molecule has 8 nitrogen and oxygen atoms in total. The summed E-state index contributed by atoms with van der Waals surface area (Å²) in [7, 11) is 0. The molecule has 1 amide bonds. The molecule has 1 aromatic heterocycles. The van der Waals surface area contributed by atoms with Gasteiger partial charge in [-0.1, -0.05) is 30.9 Å². The smallest absolute Gasteiger partial charge is 0.310 e. The SMILES string of the molecule is CCCn1c(N2CCCC(C(=O)OCC)C2)c(/C=C2/SC(=S)N(CC)C2=O)c(C)c(C#N)c1=O. The Balaban J connectivity index is 2.21. The molecule has 0 N–H and O–H groups in total. The van der Waals surface area contributed by atoms with Crippen LogP contribution >= 0.6 is 24.0 Å². The maximum Gasteiger partial charge on any atom is 0.310 e. The first-order chi connectivity index (χ1) is 16.3. The van der Waals surface area contributed by atoms with Crippen molar-refractivity contribution < 1.29 is 14.3 Å². The predicted molar refractivity (Wildman–Crippen MR) is 138 cm³/mol. The number of hydrogen-bond donors (Lipinski definition) is 0. The van der Waals surface area contributed by atoms with Gasteiger partial charge in [0.2, 0.25) is 0 Å². The van der Waals surface area contributed by atoms with Crippen molar-refractivity contribution in [2.45, 2.75) is 53.5 Å². The zero-order valence-corrected chi connectivity index (χ0v) is 21.7. The van der Waals surface area contributed by atoms with Crippen LogP contribution in [0.4, 0.5) is 5.82 Å². The van der Waals surface area contributed by atoms with E-state index in [2.05, 4.69) is 6.07 Å². The number of thioether (sulfide) groups is 1. The summed E-state index contributed by atoms with van der Waals surface area (Å²) in [6.07, 6.45) is 3.92. The summed E-state index contributed by atoms with van der Waals surface area (Å²) < 4.78 is 7.36. The zero-order chi connectivity index (χ0) is 25.0. The Labute approximate surface area is 209 Å². The molecule has 0 bridgehead atoms. The quantitative estimate of drug-likeness (QED) is 0.318. The van der Waals surface area contributed by atoms with E-state index in [4.69, 9.17) is 17.0 Å². The molecule has 2 aliphatic rings. The molecule has 0 radical (unpaired) electrons. The van der Waals surface area contributed by atoms with Crippen LogP contribution in [0.3, 0.4) is 0 Å². The number of nitriles is 1. The Kier molecular flexibility index (Phi) is 8.55. The fraction of sp³-hybridized carbons (Fsp3) is 0.542. The molecule has 1 aromatic rings. The molecule has 0 saturated carbocycles. The molecule has 10 heteroatoms. The lowest BCUT2D eigenvalue weighted by Gasteiger charge is -2.36. The van der Waals surface area contributed by atoms with Gasteiger partial charge in [0.25, 0.3) is 11.5 Å². The number of nitrogens with zero attached hydrogens (tertiary/aromatic N) is 4. The molecule has 3 rings (SSSR count).